The van der Waals surface area contributed by atoms with Crippen LogP contribution < -0.4 is 21.1 Å². The summed E-state index contributed by atoms with van der Waals surface area (Å²) in [5.41, 5.74) is 6.57. The molecule has 0 aliphatic carbocycles. The minimum atomic E-state index is -0.127. The number of carbonyl (C=O) groups excluding carboxylic acids is 2. The van der Waals surface area contributed by atoms with Crippen molar-refractivity contribution in [2.45, 2.75) is 39.0 Å². The second-order valence-electron chi connectivity index (χ2n) is 5.01. The number of anilines is 2. The third-order valence-corrected chi connectivity index (χ3v) is 3.12. The van der Waals surface area contributed by atoms with Gasteiger partial charge >= 0.3 is 0 Å². The Labute approximate surface area is 131 Å². The summed E-state index contributed by atoms with van der Waals surface area (Å²) in [6.07, 6.45) is 3.29. The number of rotatable bonds is 9. The Hall–Kier alpha value is -2.08. The first-order valence-electron chi connectivity index (χ1n) is 7.58. The van der Waals surface area contributed by atoms with Crippen molar-refractivity contribution in [1.82, 2.24) is 0 Å². The number of nitrogens with two attached hydrogens (primary N) is 1. The Bertz CT molecular complexity index is 503. The number of ether oxygens (including phenoxy) is 1. The number of amides is 2. The van der Waals surface area contributed by atoms with Gasteiger partial charge in [0, 0.05) is 18.5 Å². The third-order valence-electron chi connectivity index (χ3n) is 3.12. The monoisotopic (exact) mass is 307 g/mol. The summed E-state index contributed by atoms with van der Waals surface area (Å²) in [4.78, 5) is 23.6. The molecule has 0 heterocycles. The lowest BCUT2D eigenvalue weighted by Crippen LogP contribution is -2.15. The molecule has 0 atom stereocenters. The van der Waals surface area contributed by atoms with Crippen LogP contribution in [0.5, 0.6) is 5.75 Å². The van der Waals surface area contributed by atoms with Crippen LogP contribution in [0.2, 0.25) is 0 Å². The summed E-state index contributed by atoms with van der Waals surface area (Å²) in [6.45, 7) is 2.51. The lowest BCUT2D eigenvalue weighted by molar-refractivity contribution is -0.117. The van der Waals surface area contributed by atoms with E-state index in [-0.39, 0.29) is 11.8 Å². The van der Waals surface area contributed by atoms with Gasteiger partial charge in [-0.25, -0.2) is 0 Å². The lowest BCUT2D eigenvalue weighted by Gasteiger charge is -2.13. The SMILES string of the molecule is CCCCC(=O)Nc1ccc(OC)c(NC(=O)CCCN)c1. The van der Waals surface area contributed by atoms with Crippen LogP contribution in [-0.4, -0.2) is 25.5 Å². The largest absolute Gasteiger partial charge is 0.495 e. The van der Waals surface area contributed by atoms with Crippen LogP contribution in [0.15, 0.2) is 18.2 Å². The molecule has 0 aromatic heterocycles. The van der Waals surface area contributed by atoms with Crippen LogP contribution in [-0.2, 0) is 9.59 Å². The molecular weight excluding hydrogens is 282 g/mol. The first kappa shape index (κ1) is 18.0. The fourth-order valence-electron chi connectivity index (χ4n) is 1.92. The second-order valence-corrected chi connectivity index (χ2v) is 5.01. The highest BCUT2D eigenvalue weighted by Crippen LogP contribution is 2.28. The Morgan fingerprint density at radius 1 is 1.14 bits per heavy atom. The minimum absolute atomic E-state index is 0.0348. The van der Waals surface area contributed by atoms with E-state index in [1.165, 1.54) is 7.11 Å². The summed E-state index contributed by atoms with van der Waals surface area (Å²) in [6, 6.07) is 5.16. The number of carbonyl (C=O) groups is 2. The summed E-state index contributed by atoms with van der Waals surface area (Å²) in [5, 5.41) is 5.60. The molecule has 1 aromatic carbocycles. The van der Waals surface area contributed by atoms with Crippen LogP contribution in [0, 0.1) is 0 Å². The van der Waals surface area contributed by atoms with Crippen molar-refractivity contribution >= 4 is 23.2 Å². The number of methoxy groups -OCH3 is 1. The Kier molecular flexibility index (Phi) is 7.99. The molecule has 0 saturated heterocycles. The third kappa shape index (κ3) is 6.13. The van der Waals surface area contributed by atoms with Gasteiger partial charge in [-0.1, -0.05) is 13.3 Å². The van der Waals surface area contributed by atoms with Crippen molar-refractivity contribution in [3.05, 3.63) is 18.2 Å². The average Bonchev–Trinajstić information content (AvgIpc) is 2.51. The Morgan fingerprint density at radius 3 is 2.45 bits per heavy atom. The van der Waals surface area contributed by atoms with Crippen LogP contribution in [0.25, 0.3) is 0 Å². The van der Waals surface area contributed by atoms with Gasteiger partial charge in [0.05, 0.1) is 12.8 Å². The molecule has 0 radical (unpaired) electrons. The molecule has 0 aliphatic rings. The summed E-state index contributed by atoms with van der Waals surface area (Å²) >= 11 is 0. The first-order valence-corrected chi connectivity index (χ1v) is 7.58. The standard InChI is InChI=1S/C16H25N3O3/c1-3-4-6-15(20)18-12-8-9-14(22-2)13(11-12)19-16(21)7-5-10-17/h8-9,11H,3-7,10,17H2,1-2H3,(H,18,20)(H,19,21). The first-order chi connectivity index (χ1) is 10.6. The summed E-state index contributed by atoms with van der Waals surface area (Å²) in [5.74, 6) is 0.387. The molecule has 4 N–H and O–H groups in total. The molecule has 2 amide bonds. The highest BCUT2D eigenvalue weighted by atomic mass is 16.5. The smallest absolute Gasteiger partial charge is 0.224 e. The van der Waals surface area contributed by atoms with Gasteiger partial charge in [0.15, 0.2) is 0 Å². The summed E-state index contributed by atoms with van der Waals surface area (Å²) in [7, 11) is 1.53. The Morgan fingerprint density at radius 2 is 1.82 bits per heavy atom. The van der Waals surface area contributed by atoms with E-state index in [0.29, 0.717) is 42.9 Å². The van der Waals surface area contributed by atoms with E-state index in [0.717, 1.165) is 12.8 Å². The van der Waals surface area contributed by atoms with Crippen molar-refractivity contribution < 1.29 is 14.3 Å². The van der Waals surface area contributed by atoms with Gasteiger partial charge in [0.2, 0.25) is 11.8 Å². The number of nitrogens with one attached hydrogen (secondary N) is 2. The van der Waals surface area contributed by atoms with E-state index in [9.17, 15) is 9.59 Å². The molecule has 22 heavy (non-hydrogen) atoms. The van der Waals surface area contributed by atoms with Gasteiger partial charge < -0.3 is 21.1 Å². The molecule has 0 unspecified atom stereocenters. The van der Waals surface area contributed by atoms with Crippen molar-refractivity contribution in [3.8, 4) is 5.75 Å². The molecule has 0 spiro atoms. The number of hydrogen-bond donors (Lipinski definition) is 3. The average molecular weight is 307 g/mol. The normalized spacial score (nSPS) is 10.1. The topological polar surface area (TPSA) is 93.5 Å². The maximum atomic E-state index is 11.8. The molecule has 0 saturated carbocycles. The number of unbranched alkanes of at least 4 members (excludes halogenated alkanes) is 1. The van der Waals surface area contributed by atoms with Crippen molar-refractivity contribution in [2.75, 3.05) is 24.3 Å². The minimum Gasteiger partial charge on any atom is -0.495 e. The van der Waals surface area contributed by atoms with Gasteiger partial charge in [-0.15, -0.1) is 0 Å². The van der Waals surface area contributed by atoms with Gasteiger partial charge in [-0.3, -0.25) is 9.59 Å². The molecule has 1 aromatic rings. The zero-order valence-electron chi connectivity index (χ0n) is 13.3. The highest BCUT2D eigenvalue weighted by molar-refractivity contribution is 5.95. The van der Waals surface area contributed by atoms with Crippen LogP contribution in [0.4, 0.5) is 11.4 Å². The fraction of sp³-hybridized carbons (Fsp3) is 0.500. The summed E-state index contributed by atoms with van der Waals surface area (Å²) < 4.78 is 5.22. The molecular formula is C16H25N3O3. The van der Waals surface area contributed by atoms with E-state index >= 15 is 0 Å². The van der Waals surface area contributed by atoms with Crippen molar-refractivity contribution in [1.29, 1.82) is 0 Å². The molecule has 122 valence electrons. The molecule has 6 heteroatoms. The van der Waals surface area contributed by atoms with E-state index in [4.69, 9.17) is 10.5 Å². The van der Waals surface area contributed by atoms with Gasteiger partial charge in [0.1, 0.15) is 5.75 Å². The van der Waals surface area contributed by atoms with Gasteiger partial charge in [-0.05, 0) is 37.6 Å². The molecule has 1 rings (SSSR count). The van der Waals surface area contributed by atoms with Gasteiger partial charge in [-0.2, -0.15) is 0 Å². The molecule has 0 bridgehead atoms. The fourth-order valence-corrected chi connectivity index (χ4v) is 1.92. The lowest BCUT2D eigenvalue weighted by atomic mass is 10.2. The second kappa shape index (κ2) is 9.78. The maximum absolute atomic E-state index is 11.8. The zero-order chi connectivity index (χ0) is 16.4. The predicted molar refractivity (Wildman–Crippen MR) is 88.1 cm³/mol. The highest BCUT2D eigenvalue weighted by Gasteiger charge is 2.10. The zero-order valence-corrected chi connectivity index (χ0v) is 13.3. The van der Waals surface area contributed by atoms with Crippen molar-refractivity contribution in [2.24, 2.45) is 5.73 Å². The van der Waals surface area contributed by atoms with E-state index in [1.54, 1.807) is 18.2 Å². The van der Waals surface area contributed by atoms with E-state index in [2.05, 4.69) is 10.6 Å². The van der Waals surface area contributed by atoms with Crippen LogP contribution in [0.3, 0.4) is 0 Å². The van der Waals surface area contributed by atoms with Crippen molar-refractivity contribution in [3.63, 3.8) is 0 Å². The Balaban J connectivity index is 2.75. The van der Waals surface area contributed by atoms with Crippen LogP contribution in [0.1, 0.15) is 39.0 Å². The number of benzene rings is 1. The van der Waals surface area contributed by atoms with E-state index < -0.39 is 0 Å². The quantitative estimate of drug-likeness (QED) is 0.653. The van der Waals surface area contributed by atoms with Crippen LogP contribution >= 0.6 is 0 Å². The number of hydrogen-bond acceptors (Lipinski definition) is 4. The molecule has 0 fully saturated rings. The van der Waals surface area contributed by atoms with E-state index in [1.807, 2.05) is 6.92 Å². The molecule has 0 aliphatic heterocycles. The maximum Gasteiger partial charge on any atom is 0.224 e. The predicted octanol–water partition coefficient (Wildman–Crippen LogP) is 2.50. The van der Waals surface area contributed by atoms with Gasteiger partial charge in [0.25, 0.3) is 0 Å². The molecule has 6 nitrogen and oxygen atoms in total.